The van der Waals surface area contributed by atoms with E-state index in [9.17, 15) is 13.0 Å². The van der Waals surface area contributed by atoms with E-state index < -0.39 is 10.1 Å². The minimum atomic E-state index is -4.24. The van der Waals surface area contributed by atoms with Crippen LogP contribution in [0.3, 0.4) is 0 Å². The van der Waals surface area contributed by atoms with Gasteiger partial charge in [-0.3, -0.25) is 4.55 Å². The summed E-state index contributed by atoms with van der Waals surface area (Å²) < 4.78 is 33.0. The molecule has 0 unspecified atom stereocenters. The zero-order chi connectivity index (χ0) is 15.3. The summed E-state index contributed by atoms with van der Waals surface area (Å²) in [5.41, 5.74) is 2.69. The molecule has 0 heterocycles. The number of hydrogen-bond donors (Lipinski definition) is 1. The van der Waals surface area contributed by atoms with E-state index in [-0.39, 0.29) is 4.90 Å². The van der Waals surface area contributed by atoms with Crippen molar-refractivity contribution in [1.29, 1.82) is 0 Å². The maximum absolute atomic E-state index is 11.7. The highest BCUT2D eigenvalue weighted by molar-refractivity contribution is 7.86. The molecule has 1 aliphatic rings. The Balaban J connectivity index is 2.20. The molecule has 4 heteroatoms. The first kappa shape index (κ1) is 13.7. The monoisotopic (exact) mass is 312 g/mol. The van der Waals surface area contributed by atoms with Crippen molar-refractivity contribution in [2.75, 3.05) is 0 Å². The van der Waals surface area contributed by atoms with E-state index in [0.29, 0.717) is 5.39 Å². The highest BCUT2D eigenvalue weighted by Crippen LogP contribution is 2.35. The molecule has 0 bridgehead atoms. The van der Waals surface area contributed by atoms with Gasteiger partial charge in [0, 0.05) is 5.39 Å². The number of benzene rings is 3. The highest BCUT2D eigenvalue weighted by Gasteiger charge is 2.18. The fourth-order valence-corrected chi connectivity index (χ4v) is 4.36. The van der Waals surface area contributed by atoms with Crippen LogP contribution in [0.2, 0.25) is 0 Å². The van der Waals surface area contributed by atoms with Gasteiger partial charge in [-0.2, -0.15) is 8.42 Å². The van der Waals surface area contributed by atoms with Gasteiger partial charge in [0.25, 0.3) is 10.1 Å². The molecule has 112 valence electrons. The Morgan fingerprint density at radius 2 is 1.64 bits per heavy atom. The molecule has 0 fully saturated rings. The van der Waals surface area contributed by atoms with Crippen LogP contribution < -0.4 is 0 Å². The number of aryl methyl sites for hydroxylation is 2. The van der Waals surface area contributed by atoms with Crippen LogP contribution in [-0.2, 0) is 23.0 Å². The van der Waals surface area contributed by atoms with Crippen molar-refractivity contribution in [3.05, 3.63) is 53.6 Å². The van der Waals surface area contributed by atoms with E-state index in [4.69, 9.17) is 0 Å². The largest absolute Gasteiger partial charge is 0.295 e. The first-order valence-corrected chi connectivity index (χ1v) is 8.93. The van der Waals surface area contributed by atoms with Crippen molar-refractivity contribution in [1.82, 2.24) is 0 Å². The van der Waals surface area contributed by atoms with Gasteiger partial charge in [-0.1, -0.05) is 36.4 Å². The lowest BCUT2D eigenvalue weighted by Gasteiger charge is -2.19. The predicted molar refractivity (Wildman–Crippen MR) is 87.9 cm³/mol. The van der Waals surface area contributed by atoms with E-state index >= 15 is 0 Å². The second-order valence-electron chi connectivity index (χ2n) is 5.90. The molecule has 0 amide bonds. The molecule has 0 aromatic heterocycles. The van der Waals surface area contributed by atoms with Crippen LogP contribution in [0.15, 0.2) is 47.4 Å². The van der Waals surface area contributed by atoms with E-state index in [1.165, 1.54) is 30.0 Å². The molecular formula is C18H16O3S. The van der Waals surface area contributed by atoms with Crippen LogP contribution in [-0.4, -0.2) is 13.0 Å². The fraction of sp³-hybridized carbons (Fsp3) is 0.222. The molecule has 0 spiro atoms. The number of rotatable bonds is 1. The second kappa shape index (κ2) is 4.80. The summed E-state index contributed by atoms with van der Waals surface area (Å²) in [6, 6.07) is 13.1. The maximum atomic E-state index is 11.7. The average Bonchev–Trinajstić information content (AvgIpc) is 2.52. The van der Waals surface area contributed by atoms with Crippen molar-refractivity contribution >= 4 is 31.7 Å². The number of fused-ring (bicyclic) bond motifs is 5. The molecule has 0 atom stereocenters. The van der Waals surface area contributed by atoms with Gasteiger partial charge in [-0.05, 0) is 59.0 Å². The molecule has 0 radical (unpaired) electrons. The van der Waals surface area contributed by atoms with Gasteiger partial charge in [0.05, 0.1) is 0 Å². The summed E-state index contributed by atoms with van der Waals surface area (Å²) in [5, 5.41) is 3.47. The van der Waals surface area contributed by atoms with Crippen molar-refractivity contribution in [3.8, 4) is 0 Å². The SMILES string of the molecule is O=S(=O)(O)c1cccc2ccc3c4c(ccc3c12)CCCC4. The Hall–Kier alpha value is -1.91. The van der Waals surface area contributed by atoms with E-state index in [0.717, 1.165) is 29.0 Å². The molecule has 0 saturated carbocycles. The first-order chi connectivity index (χ1) is 10.6. The Labute approximate surface area is 129 Å². The Morgan fingerprint density at radius 3 is 2.45 bits per heavy atom. The fourth-order valence-electron chi connectivity index (χ4n) is 3.63. The average molecular weight is 312 g/mol. The maximum Gasteiger partial charge on any atom is 0.295 e. The van der Waals surface area contributed by atoms with Crippen LogP contribution in [0.5, 0.6) is 0 Å². The van der Waals surface area contributed by atoms with Gasteiger partial charge < -0.3 is 0 Å². The Morgan fingerprint density at radius 1 is 0.864 bits per heavy atom. The first-order valence-electron chi connectivity index (χ1n) is 7.49. The molecule has 1 aliphatic carbocycles. The third kappa shape index (κ3) is 2.02. The minimum Gasteiger partial charge on any atom is -0.282 e. The molecule has 1 N–H and O–H groups in total. The lowest BCUT2D eigenvalue weighted by molar-refractivity contribution is 0.484. The summed E-state index contributed by atoms with van der Waals surface area (Å²) in [7, 11) is -4.24. The van der Waals surface area contributed by atoms with Crippen molar-refractivity contribution < 1.29 is 13.0 Å². The van der Waals surface area contributed by atoms with E-state index in [1.807, 2.05) is 18.2 Å². The van der Waals surface area contributed by atoms with E-state index in [1.54, 1.807) is 6.07 Å². The van der Waals surface area contributed by atoms with Crippen molar-refractivity contribution in [2.45, 2.75) is 30.6 Å². The van der Waals surface area contributed by atoms with Gasteiger partial charge in [-0.15, -0.1) is 0 Å². The lowest BCUT2D eigenvalue weighted by atomic mass is 9.86. The van der Waals surface area contributed by atoms with Crippen LogP contribution in [0.4, 0.5) is 0 Å². The quantitative estimate of drug-likeness (QED) is 0.543. The summed E-state index contributed by atoms with van der Waals surface area (Å²) >= 11 is 0. The molecule has 3 nitrogen and oxygen atoms in total. The van der Waals surface area contributed by atoms with Gasteiger partial charge in [-0.25, -0.2) is 0 Å². The minimum absolute atomic E-state index is 0.00800. The van der Waals surface area contributed by atoms with Crippen LogP contribution in [0.25, 0.3) is 21.5 Å². The van der Waals surface area contributed by atoms with E-state index in [2.05, 4.69) is 12.1 Å². The predicted octanol–water partition coefficient (Wildman–Crippen LogP) is 4.12. The molecule has 3 aromatic rings. The molecule has 0 aliphatic heterocycles. The third-order valence-electron chi connectivity index (χ3n) is 4.61. The number of hydrogen-bond acceptors (Lipinski definition) is 2. The molecule has 4 rings (SSSR count). The van der Waals surface area contributed by atoms with Gasteiger partial charge in [0.2, 0.25) is 0 Å². The Kier molecular flexibility index (Phi) is 2.99. The van der Waals surface area contributed by atoms with Gasteiger partial charge in [0.1, 0.15) is 4.90 Å². The standard InChI is InChI=1S/C18H16O3S/c19-22(20,21)17-7-3-5-13-9-10-15-14-6-2-1-4-12(14)8-11-16(15)18(13)17/h3,5,7-11H,1-2,4,6H2,(H,19,20,21). The topological polar surface area (TPSA) is 54.4 Å². The summed E-state index contributed by atoms with van der Waals surface area (Å²) in [5.74, 6) is 0. The van der Waals surface area contributed by atoms with Crippen LogP contribution >= 0.6 is 0 Å². The third-order valence-corrected chi connectivity index (χ3v) is 5.51. The summed E-state index contributed by atoms with van der Waals surface area (Å²) in [6.45, 7) is 0. The summed E-state index contributed by atoms with van der Waals surface area (Å²) in [6.07, 6.45) is 4.50. The second-order valence-corrected chi connectivity index (χ2v) is 7.29. The highest BCUT2D eigenvalue weighted by atomic mass is 32.2. The van der Waals surface area contributed by atoms with Crippen LogP contribution in [0.1, 0.15) is 24.0 Å². The lowest BCUT2D eigenvalue weighted by Crippen LogP contribution is -2.04. The summed E-state index contributed by atoms with van der Waals surface area (Å²) in [4.78, 5) is -0.00800. The molecule has 0 saturated heterocycles. The van der Waals surface area contributed by atoms with Gasteiger partial charge >= 0.3 is 0 Å². The van der Waals surface area contributed by atoms with Crippen molar-refractivity contribution in [2.24, 2.45) is 0 Å². The normalized spacial score (nSPS) is 15.1. The zero-order valence-electron chi connectivity index (χ0n) is 12.0. The van der Waals surface area contributed by atoms with Gasteiger partial charge in [0.15, 0.2) is 0 Å². The van der Waals surface area contributed by atoms with Crippen molar-refractivity contribution in [3.63, 3.8) is 0 Å². The Bertz CT molecular complexity index is 1000. The molecule has 22 heavy (non-hydrogen) atoms. The zero-order valence-corrected chi connectivity index (χ0v) is 12.9. The van der Waals surface area contributed by atoms with Crippen LogP contribution in [0, 0.1) is 0 Å². The molecular weight excluding hydrogens is 296 g/mol. The smallest absolute Gasteiger partial charge is 0.282 e. The molecule has 3 aromatic carbocycles.